The highest BCUT2D eigenvalue weighted by Crippen LogP contribution is 2.24. The molecule has 0 fully saturated rings. The van der Waals surface area contributed by atoms with Crippen LogP contribution in [0.5, 0.6) is 0 Å². The van der Waals surface area contributed by atoms with E-state index in [0.717, 1.165) is 22.8 Å². The van der Waals surface area contributed by atoms with Crippen LogP contribution in [0.1, 0.15) is 42.6 Å². The summed E-state index contributed by atoms with van der Waals surface area (Å²) >= 11 is 1.69. The number of aromatic nitrogens is 1. The second-order valence-corrected chi connectivity index (χ2v) is 7.84. The smallest absolute Gasteiger partial charge is 0.193 e. The molecule has 4 nitrogen and oxygen atoms in total. The van der Waals surface area contributed by atoms with E-state index in [1.807, 2.05) is 0 Å². The first-order valence-corrected chi connectivity index (χ1v) is 8.72. The Balaban J connectivity index is 1.91. The number of nitrogens with two attached hydrogens (primary N) is 1. The molecule has 1 aromatic carbocycles. The number of benzene rings is 1. The normalized spacial score (nSPS) is 12.5. The minimum atomic E-state index is 0.0988. The molecular weight excluding hydrogens is 304 g/mol. The highest BCUT2D eigenvalue weighted by Gasteiger charge is 2.17. The highest BCUT2D eigenvalue weighted by atomic mass is 32.1. The third-order valence-electron chi connectivity index (χ3n) is 3.42. The summed E-state index contributed by atoms with van der Waals surface area (Å²) in [6, 6.07) is 6.26. The van der Waals surface area contributed by atoms with Gasteiger partial charge in [-0.3, -0.25) is 4.99 Å². The van der Waals surface area contributed by atoms with Gasteiger partial charge in [0, 0.05) is 29.4 Å². The van der Waals surface area contributed by atoms with Crippen molar-refractivity contribution in [2.45, 2.75) is 46.5 Å². The fourth-order valence-electron chi connectivity index (χ4n) is 2.28. The van der Waals surface area contributed by atoms with Crippen molar-refractivity contribution < 1.29 is 0 Å². The van der Waals surface area contributed by atoms with Gasteiger partial charge in [0.25, 0.3) is 0 Å². The monoisotopic (exact) mass is 330 g/mol. The maximum Gasteiger partial charge on any atom is 0.193 e. The molecule has 0 unspecified atom stereocenters. The first kappa shape index (κ1) is 17.5. The Hall–Kier alpha value is -1.88. The molecule has 2 rings (SSSR count). The van der Waals surface area contributed by atoms with E-state index in [1.54, 1.807) is 11.3 Å². The molecule has 5 heteroatoms. The fraction of sp³-hybridized carbons (Fsp3) is 0.444. The number of hydrogen-bond donors (Lipinski definition) is 2. The van der Waals surface area contributed by atoms with Crippen LogP contribution in [-0.2, 0) is 11.8 Å². The molecule has 23 heavy (non-hydrogen) atoms. The van der Waals surface area contributed by atoms with E-state index in [2.05, 4.69) is 73.5 Å². The summed E-state index contributed by atoms with van der Waals surface area (Å²) in [6.07, 6.45) is 0.815. The second-order valence-electron chi connectivity index (χ2n) is 6.89. The number of nitrogens with one attached hydrogen (secondary N) is 1. The molecule has 0 bridgehead atoms. The molecule has 0 saturated carbocycles. The van der Waals surface area contributed by atoms with Gasteiger partial charge in [-0.15, -0.1) is 11.3 Å². The molecule has 1 aromatic heterocycles. The Morgan fingerprint density at radius 2 is 1.87 bits per heavy atom. The van der Waals surface area contributed by atoms with Crippen LogP contribution in [0.2, 0.25) is 0 Å². The van der Waals surface area contributed by atoms with Gasteiger partial charge in [0.05, 0.1) is 10.7 Å². The number of aryl methyl sites for hydroxylation is 2. The van der Waals surface area contributed by atoms with E-state index in [0.29, 0.717) is 12.5 Å². The van der Waals surface area contributed by atoms with Gasteiger partial charge in [-0.2, -0.15) is 0 Å². The zero-order valence-corrected chi connectivity index (χ0v) is 15.4. The zero-order valence-electron chi connectivity index (χ0n) is 14.6. The van der Waals surface area contributed by atoms with Crippen LogP contribution >= 0.6 is 11.3 Å². The van der Waals surface area contributed by atoms with Crippen molar-refractivity contribution in [2.75, 3.05) is 11.9 Å². The maximum atomic E-state index is 5.97. The number of aliphatic imine (C=N–C) groups is 1. The van der Waals surface area contributed by atoms with Crippen LogP contribution in [0.15, 0.2) is 28.6 Å². The molecule has 0 atom stereocenters. The summed E-state index contributed by atoms with van der Waals surface area (Å²) in [6.45, 7) is 11.3. The Labute approximate surface area is 142 Å². The summed E-state index contributed by atoms with van der Waals surface area (Å²) < 4.78 is 0. The Bertz CT molecular complexity index is 675. The summed E-state index contributed by atoms with van der Waals surface area (Å²) in [5.74, 6) is 0.447. The topological polar surface area (TPSA) is 63.3 Å². The van der Waals surface area contributed by atoms with Crippen LogP contribution in [-0.4, -0.2) is 17.5 Å². The summed E-state index contributed by atoms with van der Waals surface area (Å²) in [7, 11) is 0. The molecule has 1 heterocycles. The van der Waals surface area contributed by atoms with Crippen LogP contribution in [0.4, 0.5) is 5.69 Å². The first-order valence-electron chi connectivity index (χ1n) is 7.84. The largest absolute Gasteiger partial charge is 0.370 e. The van der Waals surface area contributed by atoms with Crippen molar-refractivity contribution in [3.05, 3.63) is 45.4 Å². The van der Waals surface area contributed by atoms with Gasteiger partial charge in [-0.05, 0) is 37.1 Å². The molecule has 0 spiro atoms. The van der Waals surface area contributed by atoms with E-state index < -0.39 is 0 Å². The van der Waals surface area contributed by atoms with E-state index >= 15 is 0 Å². The molecule has 0 aliphatic carbocycles. The zero-order chi connectivity index (χ0) is 17.0. The summed E-state index contributed by atoms with van der Waals surface area (Å²) in [4.78, 5) is 9.07. The van der Waals surface area contributed by atoms with Gasteiger partial charge in [-0.25, -0.2) is 4.98 Å². The van der Waals surface area contributed by atoms with Gasteiger partial charge >= 0.3 is 0 Å². The van der Waals surface area contributed by atoms with Crippen molar-refractivity contribution in [1.82, 2.24) is 4.98 Å². The number of thiazole rings is 1. The van der Waals surface area contributed by atoms with E-state index in [4.69, 9.17) is 5.73 Å². The lowest BCUT2D eigenvalue weighted by Gasteiger charge is -2.14. The molecule has 2 aromatic rings. The molecule has 0 aliphatic heterocycles. The van der Waals surface area contributed by atoms with Gasteiger partial charge in [-0.1, -0.05) is 26.8 Å². The van der Waals surface area contributed by atoms with E-state index in [1.165, 1.54) is 11.1 Å². The Morgan fingerprint density at radius 1 is 1.22 bits per heavy atom. The first-order chi connectivity index (χ1) is 10.7. The number of anilines is 1. The fourth-order valence-corrected chi connectivity index (χ4v) is 3.29. The van der Waals surface area contributed by atoms with Crippen molar-refractivity contribution in [3.63, 3.8) is 0 Å². The highest BCUT2D eigenvalue weighted by molar-refractivity contribution is 7.09. The maximum absolute atomic E-state index is 5.97. The summed E-state index contributed by atoms with van der Waals surface area (Å²) in [5.41, 5.74) is 10.6. The van der Waals surface area contributed by atoms with E-state index in [-0.39, 0.29) is 5.41 Å². The van der Waals surface area contributed by atoms with Crippen LogP contribution < -0.4 is 11.1 Å². The molecule has 124 valence electrons. The van der Waals surface area contributed by atoms with Gasteiger partial charge in [0.15, 0.2) is 5.96 Å². The molecule has 3 N–H and O–H groups in total. The lowest BCUT2D eigenvalue weighted by molar-refractivity contribution is 0.571. The number of guanidine groups is 1. The molecular formula is C18H26N4S. The number of rotatable bonds is 4. The number of hydrogen-bond acceptors (Lipinski definition) is 3. The third-order valence-corrected chi connectivity index (χ3v) is 4.33. The number of nitrogens with zero attached hydrogens (tertiary/aromatic N) is 2. The van der Waals surface area contributed by atoms with Crippen LogP contribution in [0.25, 0.3) is 0 Å². The lowest BCUT2D eigenvalue weighted by atomic mass is 9.93. The van der Waals surface area contributed by atoms with Gasteiger partial charge in [0.2, 0.25) is 0 Å². The molecule has 0 amide bonds. The quantitative estimate of drug-likeness (QED) is 0.657. The average Bonchev–Trinajstić information content (AvgIpc) is 2.86. The third kappa shape index (κ3) is 5.36. The van der Waals surface area contributed by atoms with E-state index in [9.17, 15) is 0 Å². The average molecular weight is 331 g/mol. The summed E-state index contributed by atoms with van der Waals surface area (Å²) in [5, 5.41) is 6.39. The Morgan fingerprint density at radius 3 is 2.43 bits per heavy atom. The SMILES string of the molecule is Cc1cc(C)cc(NC(N)=NCCc2nc(C(C)(C)C)cs2)c1. The Kier molecular flexibility index (Phi) is 5.42. The van der Waals surface area contributed by atoms with Crippen LogP contribution in [0, 0.1) is 13.8 Å². The predicted molar refractivity (Wildman–Crippen MR) is 101 cm³/mol. The second kappa shape index (κ2) is 7.13. The van der Waals surface area contributed by atoms with Gasteiger partial charge < -0.3 is 11.1 Å². The van der Waals surface area contributed by atoms with Crippen molar-refractivity contribution >= 4 is 23.0 Å². The standard InChI is InChI=1S/C18H26N4S/c1-12-8-13(2)10-14(9-12)21-17(19)20-7-6-16-22-15(11-23-16)18(3,4)5/h8-11H,6-7H2,1-5H3,(H3,19,20,21). The molecule has 0 aliphatic rings. The van der Waals surface area contributed by atoms with Crippen molar-refractivity contribution in [2.24, 2.45) is 10.7 Å². The van der Waals surface area contributed by atoms with Crippen molar-refractivity contribution in [1.29, 1.82) is 0 Å². The molecule has 0 saturated heterocycles. The van der Waals surface area contributed by atoms with Gasteiger partial charge in [0.1, 0.15) is 0 Å². The minimum Gasteiger partial charge on any atom is -0.370 e. The van der Waals surface area contributed by atoms with Crippen LogP contribution in [0.3, 0.4) is 0 Å². The minimum absolute atomic E-state index is 0.0988. The predicted octanol–water partition coefficient (Wildman–Crippen LogP) is 4.03. The van der Waals surface area contributed by atoms with Crippen molar-refractivity contribution in [3.8, 4) is 0 Å². The molecule has 0 radical (unpaired) electrons. The lowest BCUT2D eigenvalue weighted by Crippen LogP contribution is -2.23.